The molecule has 4 nitrogen and oxygen atoms in total. The van der Waals surface area contributed by atoms with Gasteiger partial charge in [-0.15, -0.1) is 0 Å². The van der Waals surface area contributed by atoms with Crippen LogP contribution in [0.4, 0.5) is 11.8 Å². The molecule has 2 heterocycles. The normalized spacial score (nSPS) is 19.4. The Bertz CT molecular complexity index is 374. The first-order valence-electron chi connectivity index (χ1n) is 6.38. The van der Waals surface area contributed by atoms with Crippen LogP contribution in [0.3, 0.4) is 0 Å². The second-order valence-corrected chi connectivity index (χ2v) is 5.38. The highest BCUT2D eigenvalue weighted by Crippen LogP contribution is 2.35. The van der Waals surface area contributed by atoms with Crippen molar-refractivity contribution in [3.05, 3.63) is 11.8 Å². The van der Waals surface area contributed by atoms with Crippen molar-refractivity contribution >= 4 is 11.8 Å². The van der Waals surface area contributed by atoms with Crippen molar-refractivity contribution in [1.29, 1.82) is 0 Å². The lowest BCUT2D eigenvalue weighted by atomic mass is 9.78. The number of aryl methyl sites for hydroxylation is 1. The zero-order valence-corrected chi connectivity index (χ0v) is 11.0. The molecule has 0 aromatic carbocycles. The highest BCUT2D eigenvalue weighted by Gasteiger charge is 2.28. The van der Waals surface area contributed by atoms with Crippen LogP contribution in [-0.2, 0) is 0 Å². The van der Waals surface area contributed by atoms with Crippen LogP contribution in [0.2, 0.25) is 0 Å². The van der Waals surface area contributed by atoms with Gasteiger partial charge in [0.25, 0.3) is 0 Å². The number of nitrogen functional groups attached to an aromatic ring is 1. The summed E-state index contributed by atoms with van der Waals surface area (Å²) < 4.78 is 0. The number of rotatable bonds is 2. The molecule has 4 heteroatoms. The molecule has 1 saturated heterocycles. The monoisotopic (exact) mass is 234 g/mol. The van der Waals surface area contributed by atoms with Crippen LogP contribution in [0.5, 0.6) is 0 Å². The van der Waals surface area contributed by atoms with Gasteiger partial charge in [0.15, 0.2) is 0 Å². The number of aromatic nitrogens is 2. The third-order valence-electron chi connectivity index (χ3n) is 4.01. The standard InChI is InChI=1S/C13H22N4/c1-4-13(3)5-7-17(8-6-13)11-9-10(2)15-12(14)16-11/h9H,4-8H2,1-3H3,(H2,14,15,16). The van der Waals surface area contributed by atoms with Crippen LogP contribution < -0.4 is 10.6 Å². The Morgan fingerprint density at radius 1 is 1.35 bits per heavy atom. The summed E-state index contributed by atoms with van der Waals surface area (Å²) in [5, 5.41) is 0. The van der Waals surface area contributed by atoms with Gasteiger partial charge in [-0.1, -0.05) is 20.3 Å². The molecule has 1 aromatic rings. The first kappa shape index (κ1) is 12.1. The van der Waals surface area contributed by atoms with Crippen LogP contribution in [0.25, 0.3) is 0 Å². The minimum absolute atomic E-state index is 0.379. The molecule has 0 atom stereocenters. The summed E-state index contributed by atoms with van der Waals surface area (Å²) in [5.41, 5.74) is 7.14. The van der Waals surface area contributed by atoms with Crippen LogP contribution in [0, 0.1) is 12.3 Å². The second kappa shape index (κ2) is 4.51. The molecule has 0 unspecified atom stereocenters. The van der Waals surface area contributed by atoms with E-state index in [2.05, 4.69) is 28.7 Å². The topological polar surface area (TPSA) is 55.0 Å². The maximum absolute atomic E-state index is 5.70. The number of hydrogen-bond donors (Lipinski definition) is 1. The van der Waals surface area contributed by atoms with Crippen molar-refractivity contribution in [1.82, 2.24) is 9.97 Å². The SMILES string of the molecule is CCC1(C)CCN(c2cc(C)nc(N)n2)CC1. The van der Waals surface area contributed by atoms with Crippen LogP contribution >= 0.6 is 0 Å². The second-order valence-electron chi connectivity index (χ2n) is 5.38. The van der Waals surface area contributed by atoms with Gasteiger partial charge in [-0.3, -0.25) is 0 Å². The van der Waals surface area contributed by atoms with E-state index in [9.17, 15) is 0 Å². The Kier molecular flexibility index (Phi) is 3.22. The predicted octanol–water partition coefficient (Wildman–Crippen LogP) is 2.38. The fourth-order valence-electron chi connectivity index (χ4n) is 2.37. The molecule has 17 heavy (non-hydrogen) atoms. The van der Waals surface area contributed by atoms with Crippen LogP contribution in [0.15, 0.2) is 6.07 Å². The van der Waals surface area contributed by atoms with Gasteiger partial charge in [-0.05, 0) is 25.2 Å². The fraction of sp³-hybridized carbons (Fsp3) is 0.692. The molecule has 2 rings (SSSR count). The average molecular weight is 234 g/mol. The Balaban J connectivity index is 2.10. The molecule has 94 valence electrons. The molecular formula is C13H22N4. The molecule has 0 bridgehead atoms. The van der Waals surface area contributed by atoms with E-state index in [0.29, 0.717) is 11.4 Å². The Labute approximate surface area is 103 Å². The molecule has 0 radical (unpaired) electrons. The fourth-order valence-corrected chi connectivity index (χ4v) is 2.37. The highest BCUT2D eigenvalue weighted by molar-refractivity contribution is 5.43. The van der Waals surface area contributed by atoms with E-state index in [0.717, 1.165) is 24.6 Å². The van der Waals surface area contributed by atoms with Crippen molar-refractivity contribution in [3.63, 3.8) is 0 Å². The van der Waals surface area contributed by atoms with Gasteiger partial charge in [0.1, 0.15) is 5.82 Å². The predicted molar refractivity (Wildman–Crippen MR) is 71.0 cm³/mol. The number of nitrogens with zero attached hydrogens (tertiary/aromatic N) is 3. The van der Waals surface area contributed by atoms with Crippen LogP contribution in [-0.4, -0.2) is 23.1 Å². The summed E-state index contributed by atoms with van der Waals surface area (Å²) >= 11 is 0. The van der Waals surface area contributed by atoms with E-state index in [1.54, 1.807) is 0 Å². The first-order chi connectivity index (χ1) is 8.02. The largest absolute Gasteiger partial charge is 0.368 e. The maximum Gasteiger partial charge on any atom is 0.222 e. The van der Waals surface area contributed by atoms with E-state index in [-0.39, 0.29) is 0 Å². The molecule has 0 saturated carbocycles. The first-order valence-corrected chi connectivity index (χ1v) is 6.38. The highest BCUT2D eigenvalue weighted by atomic mass is 15.2. The minimum Gasteiger partial charge on any atom is -0.368 e. The molecule has 1 aromatic heterocycles. The number of piperidine rings is 1. The Morgan fingerprint density at radius 2 is 2.00 bits per heavy atom. The lowest BCUT2D eigenvalue weighted by molar-refractivity contribution is 0.238. The zero-order valence-electron chi connectivity index (χ0n) is 11.0. The van der Waals surface area contributed by atoms with Gasteiger partial charge in [-0.25, -0.2) is 4.98 Å². The average Bonchev–Trinajstić information content (AvgIpc) is 2.29. The summed E-state index contributed by atoms with van der Waals surface area (Å²) in [4.78, 5) is 10.8. The van der Waals surface area contributed by atoms with Gasteiger partial charge >= 0.3 is 0 Å². The van der Waals surface area contributed by atoms with E-state index < -0.39 is 0 Å². The van der Waals surface area contributed by atoms with Gasteiger partial charge in [0, 0.05) is 24.8 Å². The van der Waals surface area contributed by atoms with Crippen molar-refractivity contribution in [2.24, 2.45) is 5.41 Å². The molecule has 1 aliphatic heterocycles. The third-order valence-corrected chi connectivity index (χ3v) is 4.01. The quantitative estimate of drug-likeness (QED) is 0.853. The molecule has 2 N–H and O–H groups in total. The molecule has 1 aliphatic rings. The summed E-state index contributed by atoms with van der Waals surface area (Å²) in [7, 11) is 0. The van der Waals surface area contributed by atoms with Crippen LogP contribution in [0.1, 0.15) is 38.8 Å². The molecule has 0 amide bonds. The van der Waals surface area contributed by atoms with Gasteiger partial charge in [0.2, 0.25) is 5.95 Å². The minimum atomic E-state index is 0.379. The van der Waals surface area contributed by atoms with E-state index in [1.807, 2.05) is 13.0 Å². The van der Waals surface area contributed by atoms with Crippen molar-refractivity contribution in [2.45, 2.75) is 40.0 Å². The Hall–Kier alpha value is -1.32. The van der Waals surface area contributed by atoms with Crippen molar-refractivity contribution in [2.75, 3.05) is 23.7 Å². The lowest BCUT2D eigenvalue weighted by Gasteiger charge is -2.39. The van der Waals surface area contributed by atoms with E-state index >= 15 is 0 Å². The van der Waals surface area contributed by atoms with Crippen molar-refractivity contribution < 1.29 is 0 Å². The van der Waals surface area contributed by atoms with E-state index in [4.69, 9.17) is 5.73 Å². The molecular weight excluding hydrogens is 212 g/mol. The van der Waals surface area contributed by atoms with Gasteiger partial charge in [-0.2, -0.15) is 4.98 Å². The summed E-state index contributed by atoms with van der Waals surface area (Å²) in [6.45, 7) is 8.76. The number of anilines is 2. The number of hydrogen-bond acceptors (Lipinski definition) is 4. The molecule has 0 aliphatic carbocycles. The summed E-state index contributed by atoms with van der Waals surface area (Å²) in [5.74, 6) is 1.36. The number of nitrogens with two attached hydrogens (primary N) is 1. The van der Waals surface area contributed by atoms with E-state index in [1.165, 1.54) is 19.3 Å². The lowest BCUT2D eigenvalue weighted by Crippen LogP contribution is -2.39. The summed E-state index contributed by atoms with van der Waals surface area (Å²) in [6.07, 6.45) is 3.71. The molecule has 1 fully saturated rings. The third kappa shape index (κ3) is 2.68. The van der Waals surface area contributed by atoms with Crippen molar-refractivity contribution in [3.8, 4) is 0 Å². The molecule has 0 spiro atoms. The van der Waals surface area contributed by atoms with Gasteiger partial charge < -0.3 is 10.6 Å². The maximum atomic E-state index is 5.70. The zero-order chi connectivity index (χ0) is 12.5. The summed E-state index contributed by atoms with van der Waals surface area (Å²) in [6, 6.07) is 2.02. The van der Waals surface area contributed by atoms with Gasteiger partial charge in [0.05, 0.1) is 0 Å². The smallest absolute Gasteiger partial charge is 0.222 e. The Morgan fingerprint density at radius 3 is 2.53 bits per heavy atom.